The van der Waals surface area contributed by atoms with Gasteiger partial charge < -0.3 is 20.9 Å². The van der Waals surface area contributed by atoms with Gasteiger partial charge in [0.15, 0.2) is 5.96 Å². The highest BCUT2D eigenvalue weighted by molar-refractivity contribution is 14.0. The molecule has 2 heterocycles. The van der Waals surface area contributed by atoms with Gasteiger partial charge >= 0.3 is 0 Å². The van der Waals surface area contributed by atoms with Gasteiger partial charge in [-0.2, -0.15) is 0 Å². The lowest BCUT2D eigenvalue weighted by Gasteiger charge is -2.32. The van der Waals surface area contributed by atoms with E-state index in [0.717, 1.165) is 63.9 Å². The average molecular weight is 537 g/mol. The first-order valence-corrected chi connectivity index (χ1v) is 11.9. The van der Waals surface area contributed by atoms with Crippen LogP contribution in [0.2, 0.25) is 0 Å². The molecular formula is C22H45IN6O. The summed E-state index contributed by atoms with van der Waals surface area (Å²) < 4.78 is 0. The van der Waals surface area contributed by atoms with E-state index >= 15 is 0 Å². The molecular weight excluding hydrogens is 491 g/mol. The second-order valence-electron chi connectivity index (χ2n) is 8.47. The summed E-state index contributed by atoms with van der Waals surface area (Å²) in [6, 6.07) is 0.440. The van der Waals surface area contributed by atoms with Crippen LogP contribution in [0.5, 0.6) is 0 Å². The van der Waals surface area contributed by atoms with Crippen molar-refractivity contribution in [1.82, 2.24) is 25.8 Å². The minimum atomic E-state index is 0. The lowest BCUT2D eigenvalue weighted by Crippen LogP contribution is -2.50. The van der Waals surface area contributed by atoms with E-state index in [9.17, 15) is 4.79 Å². The topological polar surface area (TPSA) is 72.0 Å². The summed E-state index contributed by atoms with van der Waals surface area (Å²) in [6.45, 7) is 15.2. The van der Waals surface area contributed by atoms with Gasteiger partial charge in [0.05, 0.1) is 6.54 Å². The lowest BCUT2D eigenvalue weighted by molar-refractivity contribution is -0.122. The molecule has 2 aliphatic heterocycles. The van der Waals surface area contributed by atoms with Crippen LogP contribution in [-0.4, -0.2) is 86.6 Å². The van der Waals surface area contributed by atoms with Gasteiger partial charge in [-0.25, -0.2) is 0 Å². The molecule has 0 radical (unpaired) electrons. The third-order valence-corrected chi connectivity index (χ3v) is 6.17. The molecule has 0 aromatic carbocycles. The molecule has 2 rings (SSSR count). The van der Waals surface area contributed by atoms with Crippen LogP contribution in [0.1, 0.15) is 59.3 Å². The van der Waals surface area contributed by atoms with Crippen molar-refractivity contribution >= 4 is 35.8 Å². The number of carbonyl (C=O) groups is 1. The van der Waals surface area contributed by atoms with Crippen molar-refractivity contribution in [2.75, 3.05) is 58.9 Å². The van der Waals surface area contributed by atoms with Gasteiger partial charge in [-0.05, 0) is 71.0 Å². The number of hydrogen-bond acceptors (Lipinski definition) is 4. The quantitative estimate of drug-likeness (QED) is 0.227. The Hall–Kier alpha value is -0.610. The molecule has 2 saturated heterocycles. The Morgan fingerprint density at radius 2 is 1.63 bits per heavy atom. The van der Waals surface area contributed by atoms with E-state index in [2.05, 4.69) is 46.5 Å². The highest BCUT2D eigenvalue weighted by Crippen LogP contribution is 2.20. The maximum Gasteiger partial charge on any atom is 0.234 e. The second kappa shape index (κ2) is 16.1. The molecule has 0 saturated carbocycles. The molecule has 2 aliphatic rings. The van der Waals surface area contributed by atoms with E-state index in [0.29, 0.717) is 12.6 Å². The van der Waals surface area contributed by atoms with Crippen molar-refractivity contribution in [1.29, 1.82) is 0 Å². The standard InChI is InChI=1S/C22H44N6O.HI/c1-4-12-24-21(29)18-28-16-10-20(11-17-28)26-22(23-5-2)25-13-7-19-8-14-27(6-3)15-9-19;/h19-20H,4-18H2,1-3H3,(H,24,29)(H2,23,25,26);1H. The summed E-state index contributed by atoms with van der Waals surface area (Å²) in [5.41, 5.74) is 0. The Bertz CT molecular complexity index is 488. The van der Waals surface area contributed by atoms with E-state index in [4.69, 9.17) is 4.99 Å². The number of amides is 1. The molecule has 8 heteroatoms. The summed E-state index contributed by atoms with van der Waals surface area (Å²) in [7, 11) is 0. The molecule has 1 amide bonds. The van der Waals surface area contributed by atoms with Gasteiger partial charge in [-0.15, -0.1) is 24.0 Å². The number of piperidine rings is 2. The number of aliphatic imine (C=N–C) groups is 1. The summed E-state index contributed by atoms with van der Waals surface area (Å²) in [5, 5.41) is 9.99. The highest BCUT2D eigenvalue weighted by Gasteiger charge is 2.22. The number of nitrogens with one attached hydrogen (secondary N) is 3. The van der Waals surface area contributed by atoms with Crippen LogP contribution < -0.4 is 16.0 Å². The van der Waals surface area contributed by atoms with Crippen molar-refractivity contribution in [2.45, 2.75) is 65.3 Å². The minimum absolute atomic E-state index is 0. The van der Waals surface area contributed by atoms with Crippen LogP contribution in [0, 0.1) is 5.92 Å². The lowest BCUT2D eigenvalue weighted by atomic mass is 9.94. The zero-order valence-electron chi connectivity index (χ0n) is 19.4. The third kappa shape index (κ3) is 10.6. The average Bonchev–Trinajstić information content (AvgIpc) is 2.74. The van der Waals surface area contributed by atoms with Crippen LogP contribution in [0.4, 0.5) is 0 Å². The molecule has 176 valence electrons. The normalized spacial score (nSPS) is 19.9. The summed E-state index contributed by atoms with van der Waals surface area (Å²) in [5.74, 6) is 1.93. The van der Waals surface area contributed by atoms with Gasteiger partial charge in [0.25, 0.3) is 0 Å². The Labute approximate surface area is 201 Å². The molecule has 7 nitrogen and oxygen atoms in total. The predicted octanol–water partition coefficient (Wildman–Crippen LogP) is 2.27. The van der Waals surface area contributed by atoms with Gasteiger partial charge in [-0.3, -0.25) is 14.7 Å². The summed E-state index contributed by atoms with van der Waals surface area (Å²) in [4.78, 5) is 21.6. The van der Waals surface area contributed by atoms with Crippen LogP contribution in [0.3, 0.4) is 0 Å². The Morgan fingerprint density at radius 1 is 0.967 bits per heavy atom. The van der Waals surface area contributed by atoms with Crippen LogP contribution in [0.25, 0.3) is 0 Å². The summed E-state index contributed by atoms with van der Waals surface area (Å²) in [6.07, 6.45) is 6.93. The fraction of sp³-hybridized carbons (Fsp3) is 0.909. The summed E-state index contributed by atoms with van der Waals surface area (Å²) >= 11 is 0. The van der Waals surface area contributed by atoms with Gasteiger partial charge in [0.1, 0.15) is 0 Å². The zero-order valence-corrected chi connectivity index (χ0v) is 21.7. The fourth-order valence-corrected chi connectivity index (χ4v) is 4.22. The predicted molar refractivity (Wildman–Crippen MR) is 137 cm³/mol. The molecule has 0 spiro atoms. The van der Waals surface area contributed by atoms with E-state index in [1.54, 1.807) is 0 Å². The van der Waals surface area contributed by atoms with Crippen molar-refractivity contribution in [2.24, 2.45) is 10.9 Å². The zero-order chi connectivity index (χ0) is 20.9. The molecule has 0 aromatic heterocycles. The van der Waals surface area contributed by atoms with Crippen molar-refractivity contribution in [3.63, 3.8) is 0 Å². The van der Waals surface area contributed by atoms with E-state index in [1.807, 2.05) is 0 Å². The van der Waals surface area contributed by atoms with Crippen molar-refractivity contribution < 1.29 is 4.79 Å². The SMILES string of the molecule is CCCNC(=O)CN1CCC(NC(=NCCC2CCN(CC)CC2)NCC)CC1.I. The minimum Gasteiger partial charge on any atom is -0.357 e. The number of guanidine groups is 1. The largest absolute Gasteiger partial charge is 0.357 e. The Balaban J connectivity index is 0.00000450. The number of likely N-dealkylation sites (tertiary alicyclic amines) is 2. The van der Waals surface area contributed by atoms with E-state index in [-0.39, 0.29) is 29.9 Å². The first-order valence-electron chi connectivity index (χ1n) is 11.9. The maximum absolute atomic E-state index is 11.9. The molecule has 0 atom stereocenters. The van der Waals surface area contributed by atoms with Crippen LogP contribution in [-0.2, 0) is 4.79 Å². The first-order chi connectivity index (χ1) is 14.1. The van der Waals surface area contributed by atoms with Gasteiger partial charge in [0.2, 0.25) is 5.91 Å². The number of nitrogens with zero attached hydrogens (tertiary/aromatic N) is 3. The smallest absolute Gasteiger partial charge is 0.234 e. The monoisotopic (exact) mass is 536 g/mol. The van der Waals surface area contributed by atoms with E-state index < -0.39 is 0 Å². The molecule has 0 bridgehead atoms. The Kier molecular flexibility index (Phi) is 14.7. The molecule has 0 unspecified atom stereocenters. The first kappa shape index (κ1) is 27.4. The molecule has 2 fully saturated rings. The van der Waals surface area contributed by atoms with Gasteiger partial charge in [0, 0.05) is 38.8 Å². The molecule has 0 aromatic rings. The highest BCUT2D eigenvalue weighted by atomic mass is 127. The van der Waals surface area contributed by atoms with Crippen LogP contribution in [0.15, 0.2) is 4.99 Å². The molecule has 30 heavy (non-hydrogen) atoms. The molecule has 3 N–H and O–H groups in total. The van der Waals surface area contributed by atoms with E-state index in [1.165, 1.54) is 38.9 Å². The number of halogens is 1. The number of carbonyl (C=O) groups excluding carboxylic acids is 1. The number of rotatable bonds is 10. The van der Waals surface area contributed by atoms with Crippen LogP contribution >= 0.6 is 24.0 Å². The van der Waals surface area contributed by atoms with Crippen molar-refractivity contribution in [3.05, 3.63) is 0 Å². The van der Waals surface area contributed by atoms with Crippen molar-refractivity contribution in [3.8, 4) is 0 Å². The van der Waals surface area contributed by atoms with Gasteiger partial charge in [-0.1, -0.05) is 13.8 Å². The second-order valence-corrected chi connectivity index (χ2v) is 8.47. The maximum atomic E-state index is 11.9. The fourth-order valence-electron chi connectivity index (χ4n) is 4.22. The number of hydrogen-bond donors (Lipinski definition) is 3. The third-order valence-electron chi connectivity index (χ3n) is 6.17. The Morgan fingerprint density at radius 3 is 2.23 bits per heavy atom. The molecule has 0 aliphatic carbocycles.